The van der Waals surface area contributed by atoms with Gasteiger partial charge in [0.1, 0.15) is 11.5 Å². The van der Waals surface area contributed by atoms with Crippen LogP contribution in [-0.2, 0) is 43.6 Å². The van der Waals surface area contributed by atoms with E-state index in [2.05, 4.69) is 41.7 Å². The van der Waals surface area contributed by atoms with Crippen LogP contribution < -0.4 is 31.9 Å². The average molecular weight is 1030 g/mol. The molecule has 0 spiro atoms. The van der Waals surface area contributed by atoms with Crippen molar-refractivity contribution in [2.45, 2.75) is 165 Å². The van der Waals surface area contributed by atoms with E-state index in [1.165, 1.54) is 55.7 Å². The lowest BCUT2D eigenvalue weighted by Gasteiger charge is -2.45. The van der Waals surface area contributed by atoms with Crippen molar-refractivity contribution in [2.75, 3.05) is 70.9 Å². The summed E-state index contributed by atoms with van der Waals surface area (Å²) in [6.07, 6.45) is 21.2. The van der Waals surface area contributed by atoms with E-state index in [0.717, 1.165) is 101 Å². The lowest BCUT2D eigenvalue weighted by atomic mass is 9.70. The van der Waals surface area contributed by atoms with Gasteiger partial charge < -0.3 is 26.2 Å². The van der Waals surface area contributed by atoms with Crippen LogP contribution in [0.25, 0.3) is 0 Å². The van der Waals surface area contributed by atoms with Crippen molar-refractivity contribution in [3.63, 3.8) is 0 Å². The summed E-state index contributed by atoms with van der Waals surface area (Å²) in [5.41, 5.74) is -0.193. The molecule has 6 saturated heterocycles. The van der Waals surface area contributed by atoms with Gasteiger partial charge in [-0.05, 0) is 101 Å². The monoisotopic (exact) mass is 1030 g/mol. The number of carbonyl (C=O) groups is 7. The van der Waals surface area contributed by atoms with E-state index < -0.39 is 27.9 Å². The number of unbranched alkanes of at least 4 members (excludes halogenated alkanes) is 7. The number of hydrogen-bond donors (Lipinski definition) is 6. The van der Waals surface area contributed by atoms with Crippen LogP contribution in [0.1, 0.15) is 135 Å². The number of carbonyl (C=O) groups excluding carboxylic acids is 7. The third kappa shape index (κ3) is 14.3. The molecule has 11 atom stereocenters. The fourth-order valence-corrected chi connectivity index (χ4v) is 15.3. The van der Waals surface area contributed by atoms with Gasteiger partial charge in [0, 0.05) is 69.9 Å². The molecule has 8 rings (SSSR count). The first-order valence-electron chi connectivity index (χ1n) is 27.3. The molecule has 71 heavy (non-hydrogen) atoms. The Kier molecular flexibility index (Phi) is 19.3. The number of amides is 7. The topological polar surface area (TPSA) is 239 Å². The Labute approximate surface area is 425 Å². The minimum absolute atomic E-state index is 0.126. The van der Waals surface area contributed by atoms with Crippen LogP contribution in [-0.4, -0.2) is 169 Å². The minimum atomic E-state index is -3.33. The van der Waals surface area contributed by atoms with Gasteiger partial charge in [-0.2, -0.15) is 0 Å². The molecule has 2 saturated carbocycles. The Morgan fingerprint density at radius 1 is 0.761 bits per heavy atom. The molecule has 0 radical (unpaired) electrons. The molecular weight excluding hydrogens is 949 g/mol. The molecule has 0 bridgehead atoms. The van der Waals surface area contributed by atoms with Crippen molar-refractivity contribution in [3.8, 4) is 0 Å². The van der Waals surface area contributed by atoms with Gasteiger partial charge >= 0.3 is 0 Å². The zero-order chi connectivity index (χ0) is 50.1. The van der Waals surface area contributed by atoms with Crippen LogP contribution in [0.4, 0.5) is 0 Å². The fourth-order valence-electron chi connectivity index (χ4n) is 13.1. The van der Waals surface area contributed by atoms with E-state index in [4.69, 9.17) is 0 Å². The van der Waals surface area contributed by atoms with E-state index in [1.54, 1.807) is 11.8 Å². The van der Waals surface area contributed by atoms with Crippen molar-refractivity contribution >= 4 is 63.1 Å². The first-order chi connectivity index (χ1) is 34.2. The van der Waals surface area contributed by atoms with Gasteiger partial charge in [-0.1, -0.05) is 51.4 Å². The van der Waals surface area contributed by atoms with Crippen molar-refractivity contribution in [3.05, 3.63) is 0 Å². The molecule has 19 nitrogen and oxygen atoms in total. The molecule has 0 aromatic carbocycles. The first-order valence-corrected chi connectivity index (χ1v) is 30.2. The maximum Gasteiger partial charge on any atom is 0.249 e. The molecule has 6 N–H and O–H groups in total. The number of imide groups is 2. The third-order valence-corrected chi connectivity index (χ3v) is 19.7. The van der Waals surface area contributed by atoms with Crippen LogP contribution in [0, 0.1) is 35.5 Å². The summed E-state index contributed by atoms with van der Waals surface area (Å²) in [5, 5.41) is 19.1. The molecule has 398 valence electrons. The molecular formula is C50H82N10O9S2. The van der Waals surface area contributed by atoms with Crippen LogP contribution in [0.5, 0.6) is 0 Å². The van der Waals surface area contributed by atoms with Gasteiger partial charge in [-0.25, -0.2) is 12.7 Å². The molecule has 0 aromatic heterocycles. The fraction of sp³-hybridized carbons (Fsp3) is 0.860. The molecule has 6 heterocycles. The van der Waals surface area contributed by atoms with Crippen molar-refractivity contribution in [1.82, 2.24) is 50.9 Å². The Morgan fingerprint density at radius 3 is 2.23 bits per heavy atom. The summed E-state index contributed by atoms with van der Waals surface area (Å²) in [5.74, 6) is 0.0586. The largest absolute Gasteiger partial charge is 0.347 e. The van der Waals surface area contributed by atoms with Crippen molar-refractivity contribution in [2.24, 2.45) is 35.5 Å². The number of nitrogens with one attached hydrogen (secondary N) is 6. The number of nitrogens with zero attached hydrogens (tertiary/aromatic N) is 4. The lowest BCUT2D eigenvalue weighted by Crippen LogP contribution is -2.58. The van der Waals surface area contributed by atoms with Crippen LogP contribution >= 0.6 is 11.8 Å². The predicted molar refractivity (Wildman–Crippen MR) is 269 cm³/mol. The Balaban J connectivity index is 0.630. The molecule has 8 aliphatic rings. The molecule has 6 aliphatic heterocycles. The minimum Gasteiger partial charge on any atom is -0.347 e. The predicted octanol–water partition coefficient (Wildman–Crippen LogP) is 1.82. The van der Waals surface area contributed by atoms with Gasteiger partial charge in [0.2, 0.25) is 51.4 Å². The number of sulfonamides is 1. The second kappa shape index (κ2) is 25.3. The molecule has 2 aliphatic carbocycles. The average Bonchev–Trinajstić information content (AvgIpc) is 4.12. The zero-order valence-corrected chi connectivity index (χ0v) is 43.7. The van der Waals surface area contributed by atoms with Crippen molar-refractivity contribution in [1.29, 1.82) is 0 Å². The Morgan fingerprint density at radius 2 is 1.48 bits per heavy atom. The number of hydrogen-bond acceptors (Lipinski definition) is 14. The van der Waals surface area contributed by atoms with E-state index in [0.29, 0.717) is 68.1 Å². The zero-order valence-electron chi connectivity index (χ0n) is 42.1. The molecule has 7 amide bonds. The van der Waals surface area contributed by atoms with Crippen LogP contribution in [0.2, 0.25) is 0 Å². The highest BCUT2D eigenvalue weighted by molar-refractivity contribution is 8.00. The molecule has 8 fully saturated rings. The number of piperidine rings is 2. The smallest absolute Gasteiger partial charge is 0.249 e. The first kappa shape index (κ1) is 54.1. The standard InChI is InChI=1S/C50H82N10O9S2/c1-71(68,69)59-22-19-36(31-59)46(64)53-30-44(62)56-50-54-40(32-70-50)35-12-10-11-33(27-35)34-18-21-52-42(28-34)57-23-25-58(26-24-57)45(63)13-8-6-4-2-3-5-7-9-20-51-37-14-15-38-39(29-37)49(67)60(48(38)66)41-16-17-43(61)55-47(41)65/h33-42,50-52,54H,2-32H2,1H3,(H,53,64)(H,56,62)(H,55,61,65). The number of piperazine rings is 1. The summed E-state index contributed by atoms with van der Waals surface area (Å²) < 4.78 is 24.9. The maximum absolute atomic E-state index is 13.3. The number of thioether (sulfide) groups is 1. The SMILES string of the molecule is CS(=O)(=O)N1CCC(C(=O)NCC(=O)NC2NC(C3CCCC(C4CCNC(N5CCN(C(=O)CCCCCCCCCCNC6CCC7C(=O)N(C8CCC(=O)NC8=O)C(=O)C7C6)CC5)C4)C3)CS2)C1. The second-order valence-electron chi connectivity index (χ2n) is 22.0. The summed E-state index contributed by atoms with van der Waals surface area (Å²) in [6.45, 7) is 5.68. The summed E-state index contributed by atoms with van der Waals surface area (Å²) in [7, 11) is -3.33. The van der Waals surface area contributed by atoms with Gasteiger partial charge in [0.05, 0.1) is 36.7 Å². The van der Waals surface area contributed by atoms with Crippen LogP contribution in [0.3, 0.4) is 0 Å². The number of likely N-dealkylation sites (tertiary alicyclic amines) is 1. The summed E-state index contributed by atoms with van der Waals surface area (Å²) in [6, 6.07) is -0.343. The van der Waals surface area contributed by atoms with Crippen LogP contribution in [0.15, 0.2) is 0 Å². The highest BCUT2D eigenvalue weighted by Gasteiger charge is 2.54. The Hall–Kier alpha value is -3.21. The third-order valence-electron chi connectivity index (χ3n) is 17.3. The van der Waals surface area contributed by atoms with Gasteiger partial charge in [0.15, 0.2) is 0 Å². The highest BCUT2D eigenvalue weighted by atomic mass is 32.2. The number of fused-ring (bicyclic) bond motifs is 1. The van der Waals surface area contributed by atoms with E-state index >= 15 is 0 Å². The number of rotatable bonds is 21. The lowest BCUT2D eigenvalue weighted by molar-refractivity contribution is -0.151. The summed E-state index contributed by atoms with van der Waals surface area (Å²) >= 11 is 1.71. The molecule has 21 heteroatoms. The summed E-state index contributed by atoms with van der Waals surface area (Å²) in [4.78, 5) is 94.7. The van der Waals surface area contributed by atoms with Gasteiger partial charge in [0.25, 0.3) is 0 Å². The Bertz CT molecular complexity index is 2020. The second-order valence-corrected chi connectivity index (χ2v) is 25.1. The highest BCUT2D eigenvalue weighted by Crippen LogP contribution is 2.42. The maximum atomic E-state index is 13.3. The van der Waals surface area contributed by atoms with E-state index in [-0.39, 0.29) is 78.8 Å². The normalized spacial score (nSPS) is 33.3. The molecule has 0 aromatic rings. The molecule has 11 unspecified atom stereocenters. The van der Waals surface area contributed by atoms with E-state index in [1.807, 2.05) is 0 Å². The van der Waals surface area contributed by atoms with E-state index in [9.17, 15) is 42.0 Å². The quantitative estimate of drug-likeness (QED) is 0.0711. The van der Waals surface area contributed by atoms with Gasteiger partial charge in [-0.3, -0.25) is 54.0 Å². The van der Waals surface area contributed by atoms with Crippen molar-refractivity contribution < 1.29 is 42.0 Å². The van der Waals surface area contributed by atoms with Gasteiger partial charge in [-0.15, -0.1) is 11.8 Å².